The number of hydrogen-bond acceptors (Lipinski definition) is 4. The standard InChI is InChI=1S/C16H14BrCl2NO4/c1-22-14-7-15(23-2)12(6-11(14)19)20-16(21)8-24-13-4-3-9(18)5-10(13)17/h3-7H,8H2,1-2H3,(H,20,21). The van der Waals surface area contributed by atoms with Crippen LogP contribution in [0.15, 0.2) is 34.8 Å². The first-order valence-corrected chi connectivity index (χ1v) is 8.28. The number of carbonyl (C=O) groups is 1. The van der Waals surface area contributed by atoms with E-state index in [1.807, 2.05) is 0 Å². The summed E-state index contributed by atoms with van der Waals surface area (Å²) in [5.41, 5.74) is 0.423. The molecule has 0 saturated carbocycles. The molecule has 1 amide bonds. The highest BCUT2D eigenvalue weighted by Gasteiger charge is 2.13. The highest BCUT2D eigenvalue weighted by molar-refractivity contribution is 9.10. The van der Waals surface area contributed by atoms with E-state index in [1.54, 1.807) is 30.3 Å². The zero-order valence-electron chi connectivity index (χ0n) is 12.9. The van der Waals surface area contributed by atoms with Crippen LogP contribution in [0.25, 0.3) is 0 Å². The van der Waals surface area contributed by atoms with Crippen LogP contribution in [0.5, 0.6) is 17.2 Å². The van der Waals surface area contributed by atoms with Crippen molar-refractivity contribution < 1.29 is 19.0 Å². The molecule has 0 bridgehead atoms. The minimum Gasteiger partial charge on any atom is -0.495 e. The number of anilines is 1. The number of rotatable bonds is 6. The van der Waals surface area contributed by atoms with Gasteiger partial charge in [0.2, 0.25) is 0 Å². The molecule has 0 aliphatic rings. The van der Waals surface area contributed by atoms with Crippen molar-refractivity contribution in [2.24, 2.45) is 0 Å². The van der Waals surface area contributed by atoms with E-state index in [1.165, 1.54) is 14.2 Å². The van der Waals surface area contributed by atoms with Gasteiger partial charge in [0.1, 0.15) is 17.2 Å². The molecule has 0 spiro atoms. The quantitative estimate of drug-likeness (QED) is 0.709. The highest BCUT2D eigenvalue weighted by Crippen LogP contribution is 2.36. The van der Waals surface area contributed by atoms with E-state index in [4.69, 9.17) is 37.4 Å². The number of amides is 1. The van der Waals surface area contributed by atoms with Crippen LogP contribution in [0, 0.1) is 0 Å². The molecule has 0 aromatic heterocycles. The van der Waals surface area contributed by atoms with Crippen LogP contribution in [0.2, 0.25) is 10.0 Å². The average Bonchev–Trinajstić information content (AvgIpc) is 2.54. The van der Waals surface area contributed by atoms with E-state index in [2.05, 4.69) is 21.2 Å². The third-order valence-electron chi connectivity index (χ3n) is 3.00. The van der Waals surface area contributed by atoms with Crippen molar-refractivity contribution in [2.75, 3.05) is 26.1 Å². The molecule has 0 fully saturated rings. The van der Waals surface area contributed by atoms with Gasteiger partial charge in [0, 0.05) is 11.1 Å². The zero-order chi connectivity index (χ0) is 17.7. The van der Waals surface area contributed by atoms with Gasteiger partial charge in [-0.15, -0.1) is 0 Å². The number of carbonyl (C=O) groups excluding carboxylic acids is 1. The first-order valence-electron chi connectivity index (χ1n) is 6.73. The van der Waals surface area contributed by atoms with E-state index in [0.29, 0.717) is 37.5 Å². The zero-order valence-corrected chi connectivity index (χ0v) is 16.0. The molecule has 24 heavy (non-hydrogen) atoms. The Morgan fingerprint density at radius 2 is 1.79 bits per heavy atom. The van der Waals surface area contributed by atoms with Gasteiger partial charge < -0.3 is 19.5 Å². The average molecular weight is 435 g/mol. The SMILES string of the molecule is COc1cc(OC)c(NC(=O)COc2ccc(Cl)cc2Br)cc1Cl. The van der Waals surface area contributed by atoms with Gasteiger partial charge in [0.25, 0.3) is 5.91 Å². The first-order chi connectivity index (χ1) is 11.4. The molecule has 2 aromatic rings. The molecule has 2 rings (SSSR count). The van der Waals surface area contributed by atoms with E-state index in [0.717, 1.165) is 0 Å². The fraction of sp³-hybridized carbons (Fsp3) is 0.188. The Morgan fingerprint density at radius 3 is 2.42 bits per heavy atom. The van der Waals surface area contributed by atoms with Gasteiger partial charge in [-0.25, -0.2) is 0 Å². The summed E-state index contributed by atoms with van der Waals surface area (Å²) in [5, 5.41) is 3.61. The fourth-order valence-corrected chi connectivity index (χ4v) is 2.92. The summed E-state index contributed by atoms with van der Waals surface area (Å²) < 4.78 is 16.5. The van der Waals surface area contributed by atoms with Gasteiger partial charge in [-0.05, 0) is 40.2 Å². The van der Waals surface area contributed by atoms with Crippen molar-refractivity contribution in [1.29, 1.82) is 0 Å². The highest BCUT2D eigenvalue weighted by atomic mass is 79.9. The van der Waals surface area contributed by atoms with Crippen LogP contribution >= 0.6 is 39.1 Å². The van der Waals surface area contributed by atoms with Crippen LogP contribution in [0.1, 0.15) is 0 Å². The lowest BCUT2D eigenvalue weighted by molar-refractivity contribution is -0.118. The molecule has 0 aliphatic carbocycles. The van der Waals surface area contributed by atoms with Crippen molar-refractivity contribution in [1.82, 2.24) is 0 Å². The lowest BCUT2D eigenvalue weighted by Crippen LogP contribution is -2.20. The van der Waals surface area contributed by atoms with Gasteiger partial charge in [-0.2, -0.15) is 0 Å². The molecule has 0 unspecified atom stereocenters. The number of hydrogen-bond donors (Lipinski definition) is 1. The fourth-order valence-electron chi connectivity index (χ4n) is 1.88. The number of nitrogens with one attached hydrogen (secondary N) is 1. The minimum atomic E-state index is -0.364. The van der Waals surface area contributed by atoms with Gasteiger partial charge in [-0.3, -0.25) is 4.79 Å². The number of ether oxygens (including phenoxy) is 3. The Hall–Kier alpha value is -1.63. The molecule has 8 heteroatoms. The summed E-state index contributed by atoms with van der Waals surface area (Å²) in [4.78, 5) is 12.1. The predicted octanol–water partition coefficient (Wildman–Crippen LogP) is 4.79. The molecular weight excluding hydrogens is 421 g/mol. The number of methoxy groups -OCH3 is 2. The minimum absolute atomic E-state index is 0.187. The Kier molecular flexibility index (Phi) is 6.60. The number of halogens is 3. The maximum Gasteiger partial charge on any atom is 0.262 e. The second-order valence-electron chi connectivity index (χ2n) is 4.60. The van der Waals surface area contributed by atoms with Crippen molar-refractivity contribution >= 4 is 50.7 Å². The van der Waals surface area contributed by atoms with E-state index in [9.17, 15) is 4.79 Å². The molecule has 5 nitrogen and oxygen atoms in total. The van der Waals surface area contributed by atoms with Crippen molar-refractivity contribution in [3.8, 4) is 17.2 Å². The molecule has 0 heterocycles. The van der Waals surface area contributed by atoms with Crippen LogP contribution in [0.4, 0.5) is 5.69 Å². The Morgan fingerprint density at radius 1 is 1.08 bits per heavy atom. The summed E-state index contributed by atoms with van der Waals surface area (Å²) >= 11 is 15.2. The molecule has 0 radical (unpaired) electrons. The normalized spacial score (nSPS) is 10.2. The molecular formula is C16H14BrCl2NO4. The Labute approximate surface area is 157 Å². The van der Waals surface area contributed by atoms with E-state index < -0.39 is 0 Å². The summed E-state index contributed by atoms with van der Waals surface area (Å²) in [7, 11) is 2.98. The molecule has 0 aliphatic heterocycles. The summed E-state index contributed by atoms with van der Waals surface area (Å²) in [6, 6.07) is 8.17. The van der Waals surface area contributed by atoms with E-state index in [-0.39, 0.29) is 12.5 Å². The monoisotopic (exact) mass is 433 g/mol. The van der Waals surface area contributed by atoms with Gasteiger partial charge >= 0.3 is 0 Å². The van der Waals surface area contributed by atoms with Crippen LogP contribution < -0.4 is 19.5 Å². The predicted molar refractivity (Wildman–Crippen MR) is 97.8 cm³/mol. The van der Waals surface area contributed by atoms with Gasteiger partial charge in [0.15, 0.2) is 6.61 Å². The van der Waals surface area contributed by atoms with Crippen molar-refractivity contribution in [2.45, 2.75) is 0 Å². The first kappa shape index (κ1) is 18.7. The largest absolute Gasteiger partial charge is 0.495 e. The molecule has 0 atom stereocenters. The summed E-state index contributed by atoms with van der Waals surface area (Å²) in [6.45, 7) is -0.187. The molecule has 0 saturated heterocycles. The van der Waals surface area contributed by atoms with Gasteiger partial charge in [-0.1, -0.05) is 23.2 Å². The lowest BCUT2D eigenvalue weighted by Gasteiger charge is -2.13. The topological polar surface area (TPSA) is 56.8 Å². The summed E-state index contributed by atoms with van der Waals surface area (Å²) in [5.74, 6) is 1.02. The number of benzene rings is 2. The van der Waals surface area contributed by atoms with Crippen molar-refractivity contribution in [3.05, 3.63) is 44.8 Å². The maximum absolute atomic E-state index is 12.1. The van der Waals surface area contributed by atoms with Crippen LogP contribution in [-0.2, 0) is 4.79 Å². The molecule has 2 aromatic carbocycles. The summed E-state index contributed by atoms with van der Waals surface area (Å²) in [6.07, 6.45) is 0. The van der Waals surface area contributed by atoms with Crippen LogP contribution in [-0.4, -0.2) is 26.7 Å². The Bertz CT molecular complexity index is 755. The lowest BCUT2D eigenvalue weighted by atomic mass is 10.2. The second kappa shape index (κ2) is 8.46. The van der Waals surface area contributed by atoms with Crippen LogP contribution in [0.3, 0.4) is 0 Å². The smallest absolute Gasteiger partial charge is 0.262 e. The van der Waals surface area contributed by atoms with Gasteiger partial charge in [0.05, 0.1) is 29.4 Å². The Balaban J connectivity index is 2.05. The second-order valence-corrected chi connectivity index (χ2v) is 6.30. The van der Waals surface area contributed by atoms with E-state index >= 15 is 0 Å². The molecule has 128 valence electrons. The maximum atomic E-state index is 12.1. The van der Waals surface area contributed by atoms with Crippen molar-refractivity contribution in [3.63, 3.8) is 0 Å². The molecule has 1 N–H and O–H groups in total. The third-order valence-corrected chi connectivity index (χ3v) is 4.15. The third kappa shape index (κ3) is 4.69.